The van der Waals surface area contributed by atoms with Crippen molar-refractivity contribution in [1.29, 1.82) is 0 Å². The van der Waals surface area contributed by atoms with Crippen molar-refractivity contribution in [2.24, 2.45) is 0 Å². The van der Waals surface area contributed by atoms with Gasteiger partial charge in [-0.25, -0.2) is 0 Å². The molecule has 0 bridgehead atoms. The zero-order valence-electron chi connectivity index (χ0n) is 6.72. The highest BCUT2D eigenvalue weighted by Gasteiger charge is 1.81. The monoisotopic (exact) mass is 180 g/mol. The Bertz CT molecular complexity index is 479. The predicted octanol–water partition coefficient (Wildman–Crippen LogP) is 1.74. The van der Waals surface area contributed by atoms with E-state index < -0.39 is 0 Å². The number of rotatable bonds is 0. The molecule has 0 saturated carbocycles. The molecule has 0 unspecified atom stereocenters. The maximum atomic E-state index is 4.89. The summed E-state index contributed by atoms with van der Waals surface area (Å²) in [6.45, 7) is 0. The second kappa shape index (κ2) is 5.57. The molecule has 0 nitrogen and oxygen atoms in total. The molecule has 0 amide bonds. The van der Waals surface area contributed by atoms with Crippen LogP contribution in [0.3, 0.4) is 0 Å². The van der Waals surface area contributed by atoms with Crippen molar-refractivity contribution in [3.8, 4) is 47.9 Å². The van der Waals surface area contributed by atoms with Crippen LogP contribution in [0.5, 0.6) is 0 Å². The maximum Gasteiger partial charge on any atom is 0.0778 e. The van der Waals surface area contributed by atoms with Gasteiger partial charge in [0.05, 0.1) is 4.88 Å². The summed E-state index contributed by atoms with van der Waals surface area (Å²) in [5.74, 6) is 17.7. The lowest BCUT2D eigenvalue weighted by Gasteiger charge is -1.69. The molecule has 0 aromatic carbocycles. The van der Waals surface area contributed by atoms with Crippen LogP contribution in [0.2, 0.25) is 0 Å². The van der Waals surface area contributed by atoms with Gasteiger partial charge < -0.3 is 0 Å². The van der Waals surface area contributed by atoms with Crippen LogP contribution in [0.1, 0.15) is 4.88 Å². The van der Waals surface area contributed by atoms with Crippen LogP contribution in [0.15, 0.2) is 17.5 Å². The van der Waals surface area contributed by atoms with Gasteiger partial charge in [-0.3, -0.25) is 0 Å². The fourth-order valence-electron chi connectivity index (χ4n) is 0.572. The molecule has 0 spiro atoms. The Morgan fingerprint density at radius 2 is 1.85 bits per heavy atom. The molecule has 0 atom stereocenters. The van der Waals surface area contributed by atoms with Crippen LogP contribution in [0.4, 0.5) is 0 Å². The topological polar surface area (TPSA) is 0 Å². The molecule has 13 heavy (non-hydrogen) atoms. The Kier molecular flexibility index (Phi) is 3.87. The molecule has 1 rings (SSSR count). The van der Waals surface area contributed by atoms with Gasteiger partial charge in [-0.2, -0.15) is 0 Å². The molecule has 1 aromatic rings. The van der Waals surface area contributed by atoms with Crippen molar-refractivity contribution in [2.45, 2.75) is 0 Å². The largest absolute Gasteiger partial charge is 0.135 e. The second-order valence-corrected chi connectivity index (χ2v) is 2.82. The van der Waals surface area contributed by atoms with Gasteiger partial charge in [-0.15, -0.1) is 17.8 Å². The molecule has 0 aliphatic carbocycles. The van der Waals surface area contributed by atoms with Gasteiger partial charge in [0.25, 0.3) is 0 Å². The van der Waals surface area contributed by atoms with Crippen LogP contribution in [-0.2, 0) is 0 Å². The number of hydrogen-bond donors (Lipinski definition) is 0. The first-order valence-corrected chi connectivity index (χ1v) is 4.31. The molecule has 0 N–H and O–H groups in total. The lowest BCUT2D eigenvalue weighted by molar-refractivity contribution is 1.94. The van der Waals surface area contributed by atoms with Crippen molar-refractivity contribution in [3.05, 3.63) is 22.4 Å². The molecule has 1 aromatic heterocycles. The molecule has 0 aliphatic heterocycles. The highest BCUT2D eigenvalue weighted by Crippen LogP contribution is 2.04. The fourth-order valence-corrected chi connectivity index (χ4v) is 1.14. The third-order valence-corrected chi connectivity index (χ3v) is 1.81. The Labute approximate surface area is 82.0 Å². The molecule has 0 aliphatic rings. The first-order chi connectivity index (χ1) is 6.43. The molecular weight excluding hydrogens is 176 g/mol. The van der Waals surface area contributed by atoms with E-state index in [1.54, 1.807) is 11.3 Å². The van der Waals surface area contributed by atoms with Gasteiger partial charge in [0.1, 0.15) is 0 Å². The van der Waals surface area contributed by atoms with Crippen molar-refractivity contribution in [3.63, 3.8) is 0 Å². The normalized spacial score (nSPS) is 6.08. The van der Waals surface area contributed by atoms with Crippen molar-refractivity contribution < 1.29 is 0 Å². The van der Waals surface area contributed by atoms with Gasteiger partial charge in [0.15, 0.2) is 0 Å². The molecule has 0 fully saturated rings. The molecular formula is C12H4S. The average molecular weight is 180 g/mol. The third kappa shape index (κ3) is 3.74. The lowest BCUT2D eigenvalue weighted by atomic mass is 10.4. The van der Waals surface area contributed by atoms with Crippen LogP contribution >= 0.6 is 11.3 Å². The standard InChI is InChI=1S/C12H4S/c1-2-3-4-5-6-7-9-12-10-8-11-13-12/h1,8,10-11H. The number of thiophene rings is 1. The predicted molar refractivity (Wildman–Crippen MR) is 55.6 cm³/mol. The summed E-state index contributed by atoms with van der Waals surface area (Å²) < 4.78 is 0. The van der Waals surface area contributed by atoms with E-state index in [9.17, 15) is 0 Å². The van der Waals surface area contributed by atoms with Crippen LogP contribution in [0.25, 0.3) is 0 Å². The Hall–Kier alpha value is -2.06. The van der Waals surface area contributed by atoms with Gasteiger partial charge in [0, 0.05) is 0 Å². The molecule has 0 radical (unpaired) electrons. The first kappa shape index (κ1) is 9.03. The van der Waals surface area contributed by atoms with E-state index in [2.05, 4.69) is 41.4 Å². The summed E-state index contributed by atoms with van der Waals surface area (Å²) in [4.78, 5) is 0.999. The highest BCUT2D eigenvalue weighted by atomic mass is 32.1. The summed E-state index contributed by atoms with van der Waals surface area (Å²) in [6.07, 6.45) is 4.89. The summed E-state index contributed by atoms with van der Waals surface area (Å²) in [5, 5.41) is 1.97. The first-order valence-electron chi connectivity index (χ1n) is 3.43. The minimum absolute atomic E-state index is 0.999. The van der Waals surface area contributed by atoms with E-state index in [-0.39, 0.29) is 0 Å². The summed E-state index contributed by atoms with van der Waals surface area (Å²) >= 11 is 1.58. The van der Waals surface area contributed by atoms with Gasteiger partial charge in [-0.05, 0) is 52.9 Å². The van der Waals surface area contributed by atoms with E-state index in [1.165, 1.54) is 0 Å². The van der Waals surface area contributed by atoms with Gasteiger partial charge in [0.2, 0.25) is 0 Å². The van der Waals surface area contributed by atoms with Crippen LogP contribution in [0, 0.1) is 47.9 Å². The van der Waals surface area contributed by atoms with Crippen LogP contribution in [-0.4, -0.2) is 0 Å². The highest BCUT2D eigenvalue weighted by molar-refractivity contribution is 7.10. The average Bonchev–Trinajstić information content (AvgIpc) is 2.63. The maximum absolute atomic E-state index is 4.89. The third-order valence-electron chi connectivity index (χ3n) is 1.03. The molecule has 1 heterocycles. The number of hydrogen-bond acceptors (Lipinski definition) is 1. The van der Waals surface area contributed by atoms with E-state index in [0.717, 1.165) is 4.88 Å². The quantitative estimate of drug-likeness (QED) is 0.533. The summed E-state index contributed by atoms with van der Waals surface area (Å²) in [5.41, 5.74) is 0. The fraction of sp³-hybridized carbons (Fsp3) is 0. The second-order valence-electron chi connectivity index (χ2n) is 1.87. The van der Waals surface area contributed by atoms with E-state index in [4.69, 9.17) is 6.42 Å². The minimum atomic E-state index is 0.999. The summed E-state index contributed by atoms with van der Waals surface area (Å²) in [6, 6.07) is 3.88. The number of terminal acetylenes is 1. The van der Waals surface area contributed by atoms with Crippen molar-refractivity contribution in [1.82, 2.24) is 0 Å². The van der Waals surface area contributed by atoms with E-state index in [1.807, 2.05) is 17.5 Å². The zero-order valence-corrected chi connectivity index (χ0v) is 7.53. The molecule has 1 heteroatoms. The minimum Gasteiger partial charge on any atom is -0.135 e. The SMILES string of the molecule is C#CC#CC#CC#Cc1cccs1. The Morgan fingerprint density at radius 3 is 2.54 bits per heavy atom. The zero-order chi connectivity index (χ0) is 9.36. The van der Waals surface area contributed by atoms with E-state index >= 15 is 0 Å². The van der Waals surface area contributed by atoms with E-state index in [0.29, 0.717) is 0 Å². The molecule has 58 valence electrons. The van der Waals surface area contributed by atoms with Crippen molar-refractivity contribution >= 4 is 11.3 Å². The Morgan fingerprint density at radius 1 is 1.08 bits per heavy atom. The lowest BCUT2D eigenvalue weighted by Crippen LogP contribution is -1.58. The van der Waals surface area contributed by atoms with Gasteiger partial charge >= 0.3 is 0 Å². The summed E-state index contributed by atoms with van der Waals surface area (Å²) in [7, 11) is 0. The smallest absolute Gasteiger partial charge is 0.0778 e. The van der Waals surface area contributed by atoms with Gasteiger partial charge in [-0.1, -0.05) is 6.07 Å². The molecule has 0 saturated heterocycles. The Balaban J connectivity index is 2.59. The van der Waals surface area contributed by atoms with Crippen LogP contribution < -0.4 is 0 Å². The van der Waals surface area contributed by atoms with Crippen molar-refractivity contribution in [2.75, 3.05) is 0 Å².